The van der Waals surface area contributed by atoms with Gasteiger partial charge in [-0.25, -0.2) is 0 Å². The molecule has 0 aliphatic carbocycles. The second-order valence-electron chi connectivity index (χ2n) is 1.27. The molecule has 0 rings (SSSR count). The van der Waals surface area contributed by atoms with Gasteiger partial charge in [-0.15, -0.1) is 0 Å². The molecule has 0 fully saturated rings. The molecular weight excluding hydrogens is 527 g/mol. The van der Waals surface area contributed by atoms with Crippen LogP contribution in [0.2, 0.25) is 0 Å². The molecule has 0 saturated heterocycles. The molecule has 0 aliphatic heterocycles. The van der Waals surface area contributed by atoms with Gasteiger partial charge in [-0.1, -0.05) is 0 Å². The van der Waals surface area contributed by atoms with Crippen molar-refractivity contribution in [3.05, 3.63) is 0 Å². The Morgan fingerprint density at radius 1 is 0.550 bits per heavy atom. The molecular formula is Cl2Cr2CuO12S3. The second kappa shape index (κ2) is 18.8. The van der Waals surface area contributed by atoms with Crippen molar-refractivity contribution in [2.75, 3.05) is 0 Å². The van der Waals surface area contributed by atoms with Gasteiger partial charge in [0.15, 0.2) is 0 Å². The van der Waals surface area contributed by atoms with Crippen molar-refractivity contribution < 1.29 is 100 Å². The van der Waals surface area contributed by atoms with Crippen LogP contribution in [0.5, 0.6) is 0 Å². The molecule has 0 spiro atoms. The van der Waals surface area contributed by atoms with Crippen LogP contribution >= 0.6 is 20.2 Å². The molecule has 0 heterocycles. The molecule has 0 aromatic rings. The van der Waals surface area contributed by atoms with Crippen LogP contribution < -0.4 is 0 Å². The maximum atomic E-state index is 8.52. The minimum Gasteiger partial charge on any atom is 3.00 e. The maximum absolute atomic E-state index is 8.52. The van der Waals surface area contributed by atoms with E-state index in [0.717, 1.165) is 13.1 Å². The Balaban J connectivity index is -0.0000000321. The fourth-order valence-electron chi connectivity index (χ4n) is 0. The summed E-state index contributed by atoms with van der Waals surface area (Å²) < 4.78 is 102. The monoisotopic (exact) mass is 525 g/mol. The van der Waals surface area contributed by atoms with Gasteiger partial charge in [0, 0.05) is 31.2 Å². The van der Waals surface area contributed by atoms with Crippen molar-refractivity contribution in [1.29, 1.82) is 0 Å². The van der Waals surface area contributed by atoms with Crippen molar-refractivity contribution in [1.82, 2.24) is 0 Å². The summed E-state index contributed by atoms with van der Waals surface area (Å²) in [5.41, 5.74) is 0. The fourth-order valence-corrected chi connectivity index (χ4v) is 0. The molecule has 0 saturated carbocycles. The van der Waals surface area contributed by atoms with E-state index in [4.69, 9.17) is 52.6 Å². The Hall–Kier alpha value is 1.77. The van der Waals surface area contributed by atoms with Gasteiger partial charge >= 0.3 is 68.1 Å². The van der Waals surface area contributed by atoms with E-state index in [1.165, 1.54) is 0 Å². The molecule has 0 atom stereocenters. The smallest absolute Gasteiger partial charge is 3.00 e. The largest absolute Gasteiger partial charge is 3.00 e. The van der Waals surface area contributed by atoms with E-state index in [9.17, 15) is 0 Å². The third-order valence-electron chi connectivity index (χ3n) is 0. The first-order valence-corrected chi connectivity index (χ1v) is 8.82. The topological polar surface area (TPSA) is 241 Å². The maximum Gasteiger partial charge on any atom is 3.00 e. The van der Waals surface area contributed by atoms with Gasteiger partial charge in [0.25, 0.3) is 0 Å². The van der Waals surface area contributed by atoms with E-state index in [1.54, 1.807) is 0 Å². The van der Waals surface area contributed by atoms with Crippen LogP contribution in [0.15, 0.2) is 0 Å². The summed E-state index contributed by atoms with van der Waals surface area (Å²) >= 11 is 0.757. The van der Waals surface area contributed by atoms with Crippen LogP contribution in [0.1, 0.15) is 0 Å². The Labute approximate surface area is 150 Å². The standard InChI is InChI=1S/2ClH.2Cr.Cu.3H2O4S/c;;;;;3*1-5(2,3)4/h2*1H;;;;3*(H2,1,2,3,4)/q;;2*+3;+2;;;/p-8. The molecule has 20 heavy (non-hydrogen) atoms. The van der Waals surface area contributed by atoms with Gasteiger partial charge < -0.3 is 27.3 Å². The molecule has 0 unspecified atom stereocenters. The summed E-state index contributed by atoms with van der Waals surface area (Å²) in [4.78, 5) is 0. The summed E-state index contributed by atoms with van der Waals surface area (Å²) in [5.74, 6) is 0. The SMILES string of the molecule is O=S(=O)([O-])[O-].O=S(=O)([O-])[O-].O=S(=O)([O-])[O-].[Cl][Cu][Cl].[Cr+3].[Cr+3]. The quantitative estimate of drug-likeness (QED) is 0.179. The van der Waals surface area contributed by atoms with Crippen LogP contribution in [0, 0.1) is 0 Å². The predicted octanol–water partition coefficient (Wildman–Crippen LogP) is -2.64. The molecule has 127 valence electrons. The van der Waals surface area contributed by atoms with Crippen LogP contribution in [0.25, 0.3) is 0 Å². The average molecular weight is 527 g/mol. The number of hydrogen-bond donors (Lipinski definition) is 0. The van der Waals surface area contributed by atoms with Crippen molar-refractivity contribution in [2.24, 2.45) is 0 Å². The summed E-state index contributed by atoms with van der Waals surface area (Å²) in [6.07, 6.45) is 0. The zero-order chi connectivity index (χ0) is 16.2. The first-order valence-electron chi connectivity index (χ1n) is 2.23. The van der Waals surface area contributed by atoms with Gasteiger partial charge in [-0.05, 0) is 0 Å². The van der Waals surface area contributed by atoms with E-state index >= 15 is 0 Å². The Morgan fingerprint density at radius 2 is 0.550 bits per heavy atom. The molecule has 2 radical (unpaired) electrons. The van der Waals surface area contributed by atoms with Crippen molar-refractivity contribution in [3.63, 3.8) is 0 Å². The van der Waals surface area contributed by atoms with Crippen molar-refractivity contribution in [2.45, 2.75) is 0 Å². The normalized spacial score (nSPS) is 9.80. The minimum atomic E-state index is -5.17. The summed E-state index contributed by atoms with van der Waals surface area (Å²) in [6, 6.07) is 0. The molecule has 0 aliphatic rings. The minimum absolute atomic E-state index is 0. The number of halogens is 2. The van der Waals surface area contributed by atoms with Crippen LogP contribution in [-0.4, -0.2) is 52.6 Å². The van der Waals surface area contributed by atoms with Crippen LogP contribution in [0.4, 0.5) is 0 Å². The van der Waals surface area contributed by atoms with Gasteiger partial charge in [0.05, 0.1) is 0 Å². The number of rotatable bonds is 0. The van der Waals surface area contributed by atoms with E-state index in [2.05, 4.69) is 20.2 Å². The predicted molar refractivity (Wildman–Crippen MR) is 43.1 cm³/mol. The second-order valence-corrected chi connectivity index (χ2v) is 5.27. The van der Waals surface area contributed by atoms with E-state index < -0.39 is 31.2 Å². The van der Waals surface area contributed by atoms with Gasteiger partial charge in [-0.2, -0.15) is 0 Å². The molecule has 12 nitrogen and oxygen atoms in total. The van der Waals surface area contributed by atoms with E-state index in [0.29, 0.717) is 0 Å². The zero-order valence-electron chi connectivity index (χ0n) is 8.00. The van der Waals surface area contributed by atoms with E-state index in [1.807, 2.05) is 0 Å². The molecule has 0 N–H and O–H groups in total. The Kier molecular flexibility index (Phi) is 35.5. The van der Waals surface area contributed by atoms with E-state index in [-0.39, 0.29) is 34.7 Å². The third kappa shape index (κ3) is 2210. The summed E-state index contributed by atoms with van der Waals surface area (Å²) in [5, 5.41) is 0. The van der Waals surface area contributed by atoms with Crippen molar-refractivity contribution in [3.8, 4) is 0 Å². The van der Waals surface area contributed by atoms with Crippen molar-refractivity contribution >= 4 is 51.4 Å². The fraction of sp³-hybridized carbons (Fsp3) is 0. The third-order valence-corrected chi connectivity index (χ3v) is 0. The molecule has 0 aromatic heterocycles. The summed E-state index contributed by atoms with van der Waals surface area (Å²) in [7, 11) is -6.16. The van der Waals surface area contributed by atoms with Crippen LogP contribution in [-0.2, 0) is 79.1 Å². The molecule has 0 amide bonds. The first-order chi connectivity index (χ1) is 7.41. The van der Waals surface area contributed by atoms with Gasteiger partial charge in [0.2, 0.25) is 0 Å². The average Bonchev–Trinajstić information content (AvgIpc) is 1.71. The van der Waals surface area contributed by atoms with Crippen LogP contribution in [0.3, 0.4) is 0 Å². The Bertz CT molecular complexity index is 370. The number of hydrogen-bond acceptors (Lipinski definition) is 12. The summed E-state index contributed by atoms with van der Waals surface area (Å²) in [6.45, 7) is 0. The molecule has 20 heteroatoms. The molecule has 0 aromatic carbocycles. The van der Waals surface area contributed by atoms with Gasteiger partial charge in [0.1, 0.15) is 0 Å². The first kappa shape index (κ1) is 37.8. The Morgan fingerprint density at radius 3 is 0.550 bits per heavy atom. The van der Waals surface area contributed by atoms with Gasteiger partial charge in [-0.3, -0.25) is 25.3 Å². The molecule has 0 bridgehead atoms. The zero-order valence-corrected chi connectivity index (χ0v) is 15.5.